The molecular weight excluding hydrogens is 370 g/mol. The van der Waals surface area contributed by atoms with E-state index in [1.807, 2.05) is 6.92 Å². The number of aryl methyl sites for hydroxylation is 1. The number of methoxy groups -OCH3 is 2. The van der Waals surface area contributed by atoms with Crippen LogP contribution >= 0.6 is 0 Å². The minimum Gasteiger partial charge on any atom is -0.497 e. The van der Waals surface area contributed by atoms with E-state index in [0.29, 0.717) is 34.1 Å². The van der Waals surface area contributed by atoms with Crippen LogP contribution in [0.1, 0.15) is 49.7 Å². The van der Waals surface area contributed by atoms with Gasteiger partial charge in [0.25, 0.3) is 5.91 Å². The average Bonchev–Trinajstić information content (AvgIpc) is 3.12. The Morgan fingerprint density at radius 3 is 2.34 bits per heavy atom. The number of nitrogens with zero attached hydrogens (tertiary/aromatic N) is 2. The molecule has 1 amide bonds. The lowest BCUT2D eigenvalue weighted by atomic mass is 10.0. The minimum atomic E-state index is -0.184. The van der Waals surface area contributed by atoms with E-state index in [1.165, 1.54) is 0 Å². The topological polar surface area (TPSA) is 76.8 Å². The summed E-state index contributed by atoms with van der Waals surface area (Å²) in [5.74, 6) is 1.46. The van der Waals surface area contributed by atoms with Gasteiger partial charge in [0.05, 0.1) is 19.9 Å². The van der Waals surface area contributed by atoms with Gasteiger partial charge in [-0.1, -0.05) is 19.0 Å². The standard InChI is InChI=1S/C22H33N3O4/c1-7-25(8-2)11-9-10-15(3)23-22(26)20-16(4)24-29-21(20)17-12-18(27-5)14-19(13-17)28-6/h12-15H,7-11H2,1-6H3,(H,23,26)/t15-/m0/s1. The first-order valence-corrected chi connectivity index (χ1v) is 10.2. The predicted octanol–water partition coefficient (Wildman–Crippen LogP) is 3.91. The monoisotopic (exact) mass is 403 g/mol. The van der Waals surface area contributed by atoms with Gasteiger partial charge >= 0.3 is 0 Å². The van der Waals surface area contributed by atoms with Crippen LogP contribution in [-0.4, -0.2) is 55.9 Å². The number of nitrogens with one attached hydrogen (secondary N) is 1. The van der Waals surface area contributed by atoms with Gasteiger partial charge in [0, 0.05) is 17.7 Å². The third-order valence-corrected chi connectivity index (χ3v) is 5.09. The van der Waals surface area contributed by atoms with Gasteiger partial charge in [0.15, 0.2) is 5.76 Å². The Labute approximate surface area is 173 Å². The maximum Gasteiger partial charge on any atom is 0.257 e. The van der Waals surface area contributed by atoms with E-state index in [9.17, 15) is 4.79 Å². The van der Waals surface area contributed by atoms with Gasteiger partial charge in [-0.2, -0.15) is 0 Å². The summed E-state index contributed by atoms with van der Waals surface area (Å²) in [7, 11) is 3.16. The van der Waals surface area contributed by atoms with Gasteiger partial charge in [0.2, 0.25) is 0 Å². The summed E-state index contributed by atoms with van der Waals surface area (Å²) in [6.45, 7) is 11.3. The SMILES string of the molecule is CCN(CC)CCC[C@H](C)NC(=O)c1c(C)noc1-c1cc(OC)cc(OC)c1. The fourth-order valence-corrected chi connectivity index (χ4v) is 3.30. The van der Waals surface area contributed by atoms with Gasteiger partial charge in [0.1, 0.15) is 17.1 Å². The molecule has 160 valence electrons. The van der Waals surface area contributed by atoms with Crippen molar-refractivity contribution in [3.05, 3.63) is 29.5 Å². The zero-order valence-electron chi connectivity index (χ0n) is 18.4. The number of carbonyl (C=O) groups excluding carboxylic acids is 1. The molecular formula is C22H33N3O4. The predicted molar refractivity (Wildman–Crippen MR) is 114 cm³/mol. The van der Waals surface area contributed by atoms with E-state index >= 15 is 0 Å². The summed E-state index contributed by atoms with van der Waals surface area (Å²) in [6, 6.07) is 5.42. The lowest BCUT2D eigenvalue weighted by Crippen LogP contribution is -2.34. The summed E-state index contributed by atoms with van der Waals surface area (Å²) in [5, 5.41) is 7.10. The number of benzene rings is 1. The molecule has 0 radical (unpaired) electrons. The number of hydrogen-bond acceptors (Lipinski definition) is 6. The molecule has 1 aromatic carbocycles. The van der Waals surface area contributed by atoms with E-state index < -0.39 is 0 Å². The maximum atomic E-state index is 13.0. The molecule has 0 fully saturated rings. The molecule has 0 aliphatic rings. The summed E-state index contributed by atoms with van der Waals surface area (Å²) in [4.78, 5) is 15.3. The summed E-state index contributed by atoms with van der Waals surface area (Å²) >= 11 is 0. The first-order valence-electron chi connectivity index (χ1n) is 10.2. The van der Waals surface area contributed by atoms with Gasteiger partial charge in [-0.3, -0.25) is 4.79 Å². The maximum absolute atomic E-state index is 13.0. The highest BCUT2D eigenvalue weighted by molar-refractivity contribution is 6.00. The molecule has 0 spiro atoms. The number of ether oxygens (including phenoxy) is 2. The van der Waals surface area contributed by atoms with E-state index in [0.717, 1.165) is 32.5 Å². The molecule has 1 N–H and O–H groups in total. The largest absolute Gasteiger partial charge is 0.497 e. The quantitative estimate of drug-likeness (QED) is 0.613. The highest BCUT2D eigenvalue weighted by Crippen LogP contribution is 2.33. The van der Waals surface area contributed by atoms with Crippen molar-refractivity contribution < 1.29 is 18.8 Å². The molecule has 1 aromatic heterocycles. The van der Waals surface area contributed by atoms with Gasteiger partial charge < -0.3 is 24.2 Å². The van der Waals surface area contributed by atoms with Crippen molar-refractivity contribution in [1.29, 1.82) is 0 Å². The second-order valence-electron chi connectivity index (χ2n) is 7.12. The number of hydrogen-bond donors (Lipinski definition) is 1. The van der Waals surface area contributed by atoms with Gasteiger partial charge in [-0.25, -0.2) is 0 Å². The Hall–Kier alpha value is -2.54. The molecule has 0 bridgehead atoms. The van der Waals surface area contributed by atoms with Crippen molar-refractivity contribution in [1.82, 2.24) is 15.4 Å². The molecule has 7 nitrogen and oxygen atoms in total. The molecule has 7 heteroatoms. The van der Waals surface area contributed by atoms with Crippen molar-refractivity contribution >= 4 is 5.91 Å². The molecule has 0 unspecified atom stereocenters. The Morgan fingerprint density at radius 2 is 1.79 bits per heavy atom. The normalized spacial score (nSPS) is 12.1. The Morgan fingerprint density at radius 1 is 1.17 bits per heavy atom. The highest BCUT2D eigenvalue weighted by atomic mass is 16.5. The van der Waals surface area contributed by atoms with Crippen LogP contribution in [0.2, 0.25) is 0 Å². The number of rotatable bonds is 11. The summed E-state index contributed by atoms with van der Waals surface area (Å²) < 4.78 is 16.1. The number of carbonyl (C=O) groups is 1. The smallest absolute Gasteiger partial charge is 0.257 e. The molecule has 0 aliphatic carbocycles. The molecule has 1 heterocycles. The van der Waals surface area contributed by atoms with Crippen molar-refractivity contribution in [2.24, 2.45) is 0 Å². The minimum absolute atomic E-state index is 0.0556. The van der Waals surface area contributed by atoms with Crippen molar-refractivity contribution in [3.63, 3.8) is 0 Å². The molecule has 0 aliphatic heterocycles. The average molecular weight is 404 g/mol. The first-order chi connectivity index (χ1) is 13.9. The fraction of sp³-hybridized carbons (Fsp3) is 0.545. The second kappa shape index (κ2) is 10.9. The molecule has 0 saturated carbocycles. The van der Waals surface area contributed by atoms with Crippen LogP contribution in [0, 0.1) is 6.92 Å². The van der Waals surface area contributed by atoms with Crippen LogP contribution in [0.4, 0.5) is 0 Å². The Balaban J connectivity index is 2.13. The third-order valence-electron chi connectivity index (χ3n) is 5.09. The van der Waals surface area contributed by atoms with E-state index in [2.05, 4.69) is 29.2 Å². The van der Waals surface area contributed by atoms with Crippen LogP contribution in [0.15, 0.2) is 22.7 Å². The summed E-state index contributed by atoms with van der Waals surface area (Å²) in [6.07, 6.45) is 1.95. The van der Waals surface area contributed by atoms with Crippen LogP contribution in [-0.2, 0) is 0 Å². The zero-order chi connectivity index (χ0) is 21.4. The number of amides is 1. The molecule has 1 atom stereocenters. The van der Waals surface area contributed by atoms with Crippen molar-refractivity contribution in [3.8, 4) is 22.8 Å². The molecule has 0 saturated heterocycles. The molecule has 29 heavy (non-hydrogen) atoms. The van der Waals surface area contributed by atoms with Crippen LogP contribution in [0.5, 0.6) is 11.5 Å². The van der Waals surface area contributed by atoms with Crippen LogP contribution in [0.3, 0.4) is 0 Å². The highest BCUT2D eigenvalue weighted by Gasteiger charge is 2.24. The zero-order valence-corrected chi connectivity index (χ0v) is 18.4. The summed E-state index contributed by atoms with van der Waals surface area (Å²) in [5.41, 5.74) is 1.67. The van der Waals surface area contributed by atoms with Gasteiger partial charge in [-0.15, -0.1) is 0 Å². The number of aromatic nitrogens is 1. The second-order valence-corrected chi connectivity index (χ2v) is 7.12. The fourth-order valence-electron chi connectivity index (χ4n) is 3.30. The lowest BCUT2D eigenvalue weighted by molar-refractivity contribution is 0.0937. The first kappa shape index (κ1) is 22.7. The van der Waals surface area contributed by atoms with E-state index in [4.69, 9.17) is 14.0 Å². The van der Waals surface area contributed by atoms with Crippen LogP contribution < -0.4 is 14.8 Å². The van der Waals surface area contributed by atoms with E-state index in [1.54, 1.807) is 39.3 Å². The van der Waals surface area contributed by atoms with Crippen molar-refractivity contribution in [2.45, 2.75) is 46.6 Å². The third kappa shape index (κ3) is 5.97. The van der Waals surface area contributed by atoms with E-state index in [-0.39, 0.29) is 11.9 Å². The lowest BCUT2D eigenvalue weighted by Gasteiger charge is -2.19. The Bertz CT molecular complexity index is 777. The van der Waals surface area contributed by atoms with Crippen LogP contribution in [0.25, 0.3) is 11.3 Å². The van der Waals surface area contributed by atoms with Crippen molar-refractivity contribution in [2.75, 3.05) is 33.9 Å². The Kier molecular flexibility index (Phi) is 8.51. The van der Waals surface area contributed by atoms with Gasteiger partial charge in [-0.05, 0) is 58.5 Å². The molecule has 2 aromatic rings. The molecule has 2 rings (SSSR count).